The van der Waals surface area contributed by atoms with E-state index in [1.807, 2.05) is 30.3 Å². The number of fused-ring (bicyclic) bond motifs is 5. The van der Waals surface area contributed by atoms with E-state index in [4.69, 9.17) is 28.2 Å². The molecule has 0 aliphatic carbocycles. The third-order valence-electron chi connectivity index (χ3n) is 6.67. The molecule has 0 spiro atoms. The molecule has 0 amide bonds. The van der Waals surface area contributed by atoms with Crippen LogP contribution >= 0.6 is 23.2 Å². The van der Waals surface area contributed by atoms with E-state index in [1.54, 1.807) is 6.07 Å². The number of anilines is 1. The quantitative estimate of drug-likeness (QED) is 0.412. The van der Waals surface area contributed by atoms with Gasteiger partial charge in [0, 0.05) is 18.0 Å². The maximum atomic E-state index is 13.3. The van der Waals surface area contributed by atoms with E-state index >= 15 is 0 Å². The summed E-state index contributed by atoms with van der Waals surface area (Å²) < 4.78 is 0. The zero-order valence-electron chi connectivity index (χ0n) is 16.7. The van der Waals surface area contributed by atoms with Crippen molar-refractivity contribution in [1.82, 2.24) is 19.9 Å². The van der Waals surface area contributed by atoms with Gasteiger partial charge in [0.15, 0.2) is 0 Å². The van der Waals surface area contributed by atoms with E-state index in [1.165, 1.54) is 12.8 Å². The highest BCUT2D eigenvalue weighted by Crippen LogP contribution is 2.38. The summed E-state index contributed by atoms with van der Waals surface area (Å²) in [6, 6.07) is 11.6. The summed E-state index contributed by atoms with van der Waals surface area (Å²) in [4.78, 5) is 26.8. The number of hydrogen-bond donors (Lipinski definition) is 3. The highest BCUT2D eigenvalue weighted by Gasteiger charge is 2.35. The van der Waals surface area contributed by atoms with Crippen LogP contribution < -0.4 is 10.9 Å². The zero-order valence-corrected chi connectivity index (χ0v) is 18.2. The molecule has 158 valence electrons. The summed E-state index contributed by atoms with van der Waals surface area (Å²) in [5.74, 6) is 1.13. The first-order valence-corrected chi connectivity index (χ1v) is 11.3. The van der Waals surface area contributed by atoms with Crippen LogP contribution in [0, 0.1) is 5.92 Å². The zero-order chi connectivity index (χ0) is 21.1. The number of halogens is 2. The Balaban J connectivity index is 1.58. The van der Waals surface area contributed by atoms with Crippen molar-refractivity contribution in [1.29, 1.82) is 0 Å². The molecule has 5 heterocycles. The van der Waals surface area contributed by atoms with Crippen molar-refractivity contribution in [2.75, 3.05) is 25.0 Å². The average molecular weight is 454 g/mol. The lowest BCUT2D eigenvalue weighted by atomic mass is 9.83. The van der Waals surface area contributed by atoms with Crippen LogP contribution in [0.15, 0.2) is 41.2 Å². The normalized spacial score (nSPS) is 23.0. The van der Waals surface area contributed by atoms with Gasteiger partial charge in [-0.3, -0.25) is 4.79 Å². The molecular formula is C23H21Cl2N5O. The van der Waals surface area contributed by atoms with Crippen LogP contribution in [0.1, 0.15) is 12.8 Å². The second kappa shape index (κ2) is 7.26. The SMILES string of the molecule is O=c1[nH]c2cc(Cl)c(Cl)cc2c(NC2CN3CCC2CC3)c1-c1nc2ccccc2[nH]1. The van der Waals surface area contributed by atoms with E-state index in [0.717, 1.165) is 41.7 Å². The summed E-state index contributed by atoms with van der Waals surface area (Å²) in [6.07, 6.45) is 2.34. The standard InChI is InChI=1S/C23H21Cl2N5O/c24-14-9-13-18(10-15(14)25)29-23(31)20(22-27-16-3-1-2-4-17(16)28-22)21(13)26-19-11-30-7-5-12(19)6-8-30/h1-4,9-10,12,19H,5-8,11H2,(H,27,28)(H2,26,29,31). The number of nitrogens with one attached hydrogen (secondary N) is 3. The van der Waals surface area contributed by atoms with Gasteiger partial charge in [-0.2, -0.15) is 0 Å². The third-order valence-corrected chi connectivity index (χ3v) is 7.39. The smallest absolute Gasteiger partial charge is 0.261 e. The first-order valence-electron chi connectivity index (χ1n) is 10.6. The van der Waals surface area contributed by atoms with Gasteiger partial charge >= 0.3 is 0 Å². The maximum absolute atomic E-state index is 13.3. The minimum Gasteiger partial charge on any atom is -0.379 e. The number of pyridine rings is 1. The van der Waals surface area contributed by atoms with Crippen LogP contribution in [0.3, 0.4) is 0 Å². The summed E-state index contributed by atoms with van der Waals surface area (Å²) in [6.45, 7) is 3.27. The van der Waals surface area contributed by atoms with Gasteiger partial charge in [0.05, 0.1) is 32.3 Å². The van der Waals surface area contributed by atoms with Crippen molar-refractivity contribution in [3.8, 4) is 11.4 Å². The lowest BCUT2D eigenvalue weighted by molar-refractivity contribution is 0.0976. The predicted molar refractivity (Wildman–Crippen MR) is 126 cm³/mol. The van der Waals surface area contributed by atoms with E-state index in [9.17, 15) is 4.79 Å². The molecule has 2 bridgehead atoms. The molecule has 1 atom stereocenters. The number of para-hydroxylation sites is 2. The molecule has 3 fully saturated rings. The lowest BCUT2D eigenvalue weighted by Gasteiger charge is -2.45. The molecule has 2 aromatic heterocycles. The Kier molecular flexibility index (Phi) is 4.49. The van der Waals surface area contributed by atoms with Crippen molar-refractivity contribution in [3.63, 3.8) is 0 Å². The van der Waals surface area contributed by atoms with Crippen molar-refractivity contribution in [2.45, 2.75) is 18.9 Å². The van der Waals surface area contributed by atoms with Crippen LogP contribution in [0.2, 0.25) is 10.0 Å². The summed E-state index contributed by atoms with van der Waals surface area (Å²) >= 11 is 12.6. The first-order chi connectivity index (χ1) is 15.1. The van der Waals surface area contributed by atoms with Crippen LogP contribution in [-0.4, -0.2) is 45.5 Å². The molecule has 1 unspecified atom stereocenters. The minimum atomic E-state index is -0.214. The number of aromatic nitrogens is 3. The average Bonchev–Trinajstić information content (AvgIpc) is 3.20. The van der Waals surface area contributed by atoms with E-state index in [-0.39, 0.29) is 11.6 Å². The van der Waals surface area contributed by atoms with Gasteiger partial charge in [-0.1, -0.05) is 35.3 Å². The highest BCUT2D eigenvalue weighted by molar-refractivity contribution is 6.43. The molecule has 0 saturated carbocycles. The van der Waals surface area contributed by atoms with Gasteiger partial charge in [0.1, 0.15) is 11.4 Å². The molecule has 3 saturated heterocycles. The molecule has 3 aliphatic rings. The van der Waals surface area contributed by atoms with Crippen LogP contribution in [0.25, 0.3) is 33.3 Å². The lowest BCUT2D eigenvalue weighted by Crippen LogP contribution is -2.53. The fraction of sp³-hybridized carbons (Fsp3) is 0.304. The van der Waals surface area contributed by atoms with Gasteiger partial charge in [0.2, 0.25) is 0 Å². The number of benzene rings is 2. The van der Waals surface area contributed by atoms with Crippen LogP contribution in [0.5, 0.6) is 0 Å². The Morgan fingerprint density at radius 3 is 2.55 bits per heavy atom. The number of aromatic amines is 2. The first kappa shape index (κ1) is 19.2. The van der Waals surface area contributed by atoms with Gasteiger partial charge in [-0.05, 0) is 56.1 Å². The van der Waals surface area contributed by atoms with Gasteiger partial charge in [-0.15, -0.1) is 0 Å². The van der Waals surface area contributed by atoms with Crippen molar-refractivity contribution < 1.29 is 0 Å². The molecule has 0 radical (unpaired) electrons. The van der Waals surface area contributed by atoms with Crippen LogP contribution in [-0.2, 0) is 0 Å². The molecular weight excluding hydrogens is 433 g/mol. The number of hydrogen-bond acceptors (Lipinski definition) is 4. The molecule has 4 aromatic rings. The van der Waals surface area contributed by atoms with Gasteiger partial charge in [0.25, 0.3) is 5.56 Å². The Bertz CT molecular complexity index is 1340. The van der Waals surface area contributed by atoms with Gasteiger partial charge in [-0.25, -0.2) is 4.98 Å². The topological polar surface area (TPSA) is 76.8 Å². The fourth-order valence-electron chi connectivity index (χ4n) is 5.05. The van der Waals surface area contributed by atoms with E-state index < -0.39 is 0 Å². The Morgan fingerprint density at radius 1 is 1.03 bits per heavy atom. The van der Waals surface area contributed by atoms with Gasteiger partial charge < -0.3 is 20.2 Å². The molecule has 3 N–H and O–H groups in total. The van der Waals surface area contributed by atoms with Crippen molar-refractivity contribution >= 4 is 50.8 Å². The van der Waals surface area contributed by atoms with Crippen LogP contribution in [0.4, 0.5) is 5.69 Å². The molecule has 6 nitrogen and oxygen atoms in total. The number of H-pyrrole nitrogens is 2. The largest absolute Gasteiger partial charge is 0.379 e. The highest BCUT2D eigenvalue weighted by atomic mass is 35.5. The maximum Gasteiger partial charge on any atom is 0.261 e. The monoisotopic (exact) mass is 453 g/mol. The Labute approximate surface area is 188 Å². The van der Waals surface area contributed by atoms with Crippen molar-refractivity contribution in [3.05, 3.63) is 56.8 Å². The number of nitrogens with zero attached hydrogens (tertiary/aromatic N) is 2. The van der Waals surface area contributed by atoms with Crippen molar-refractivity contribution in [2.24, 2.45) is 5.92 Å². The number of piperidine rings is 3. The Morgan fingerprint density at radius 2 is 1.81 bits per heavy atom. The summed E-state index contributed by atoms with van der Waals surface area (Å²) in [7, 11) is 0. The molecule has 8 heteroatoms. The molecule has 2 aromatic carbocycles. The second-order valence-electron chi connectivity index (χ2n) is 8.51. The molecule has 7 rings (SSSR count). The number of imidazole rings is 1. The second-order valence-corrected chi connectivity index (χ2v) is 9.32. The third kappa shape index (κ3) is 3.21. The summed E-state index contributed by atoms with van der Waals surface area (Å²) in [5, 5.41) is 5.43. The summed E-state index contributed by atoms with van der Waals surface area (Å²) in [5.41, 5.74) is 3.41. The fourth-order valence-corrected chi connectivity index (χ4v) is 5.38. The van der Waals surface area contributed by atoms with E-state index in [0.29, 0.717) is 32.9 Å². The molecule has 31 heavy (non-hydrogen) atoms. The minimum absolute atomic E-state index is 0.214. The number of rotatable bonds is 3. The Hall–Kier alpha value is -2.54. The van der Waals surface area contributed by atoms with E-state index in [2.05, 4.69) is 20.2 Å². The molecule has 3 aliphatic heterocycles. The predicted octanol–water partition coefficient (Wildman–Crippen LogP) is 4.88.